The van der Waals surface area contributed by atoms with Crippen molar-refractivity contribution in [3.63, 3.8) is 0 Å². The van der Waals surface area contributed by atoms with Gasteiger partial charge in [-0.25, -0.2) is 4.79 Å². The molecule has 1 amide bonds. The molecule has 0 saturated carbocycles. The van der Waals surface area contributed by atoms with Crippen LogP contribution in [0.15, 0.2) is 95.9 Å². The Balaban J connectivity index is 1.48. The Bertz CT molecular complexity index is 1770. The van der Waals surface area contributed by atoms with Crippen LogP contribution in [0.5, 0.6) is 11.5 Å². The number of aliphatic hydroxyl groups is 1. The van der Waals surface area contributed by atoms with E-state index < -0.39 is 41.7 Å². The molecule has 1 aliphatic heterocycles. The molecular weight excluding hydrogens is 660 g/mol. The van der Waals surface area contributed by atoms with Crippen molar-refractivity contribution < 1.29 is 43.1 Å². The Morgan fingerprint density at radius 2 is 1.57 bits per heavy atom. The van der Waals surface area contributed by atoms with E-state index in [2.05, 4.69) is 10.3 Å². The lowest BCUT2D eigenvalue weighted by Crippen LogP contribution is -2.41. The first-order valence-corrected chi connectivity index (χ1v) is 16.1. The van der Waals surface area contributed by atoms with Crippen LogP contribution in [0.2, 0.25) is 0 Å². The van der Waals surface area contributed by atoms with Gasteiger partial charge in [0.1, 0.15) is 54.8 Å². The second-order valence-electron chi connectivity index (χ2n) is 11.4. The number of amides is 1. The van der Waals surface area contributed by atoms with Gasteiger partial charge in [-0.2, -0.15) is 10.2 Å². The molecule has 5 rings (SSSR count). The molecule has 1 fully saturated rings. The van der Waals surface area contributed by atoms with Crippen LogP contribution in [0, 0.1) is 11.3 Å². The molecule has 0 aliphatic carbocycles. The monoisotopic (exact) mass is 700 g/mol. The number of hydrogen-bond acceptors (Lipinski definition) is 12. The minimum Gasteiger partial charge on any atom is -0.497 e. The van der Waals surface area contributed by atoms with E-state index in [0.717, 1.165) is 16.7 Å². The standard InChI is InChI=1S/C37H40N4O10/c1-25(42)39-32-18-20-41(36(44)40-32)35-34(49-24-48-23-47-21-7-19-38)33(43)31(51-35)22-50-37(26-8-5-4-6-9-26,27-10-14-29(45-2)15-11-27)28-12-16-30(46-3)17-13-28/h4-6,8-18,20,31,33-35,43H,7,21-24H2,1-3H3,(H,39,40,42,44)/t31-,33-,34-,35-/m1/s1. The highest BCUT2D eigenvalue weighted by Gasteiger charge is 2.48. The van der Waals surface area contributed by atoms with Crippen LogP contribution in [0.4, 0.5) is 5.82 Å². The third-order valence-electron chi connectivity index (χ3n) is 8.23. The number of methoxy groups -OCH3 is 2. The fourth-order valence-electron chi connectivity index (χ4n) is 5.79. The number of hydrogen-bond donors (Lipinski definition) is 2. The second-order valence-corrected chi connectivity index (χ2v) is 11.4. The Labute approximate surface area is 295 Å². The quantitative estimate of drug-likeness (QED) is 0.0930. The van der Waals surface area contributed by atoms with Crippen molar-refractivity contribution in [2.24, 2.45) is 0 Å². The zero-order valence-corrected chi connectivity index (χ0v) is 28.5. The number of carbonyl (C=O) groups excluding carboxylic acids is 1. The first-order valence-electron chi connectivity index (χ1n) is 16.1. The summed E-state index contributed by atoms with van der Waals surface area (Å²) in [4.78, 5) is 28.7. The van der Waals surface area contributed by atoms with Gasteiger partial charge in [0.2, 0.25) is 5.91 Å². The summed E-state index contributed by atoms with van der Waals surface area (Å²) < 4.78 is 41.9. The van der Waals surface area contributed by atoms with Gasteiger partial charge in [-0.1, -0.05) is 54.6 Å². The van der Waals surface area contributed by atoms with E-state index in [4.69, 9.17) is 38.4 Å². The van der Waals surface area contributed by atoms with Crippen LogP contribution in [0.25, 0.3) is 0 Å². The minimum absolute atomic E-state index is 0.0594. The Morgan fingerprint density at radius 1 is 0.941 bits per heavy atom. The number of nitrogens with one attached hydrogen (secondary N) is 1. The second kappa shape index (κ2) is 17.7. The molecule has 0 unspecified atom stereocenters. The normalized spacial score (nSPS) is 18.6. The van der Waals surface area contributed by atoms with E-state index >= 15 is 0 Å². The van der Waals surface area contributed by atoms with Gasteiger partial charge < -0.3 is 43.6 Å². The maximum atomic E-state index is 13.2. The topological polar surface area (TPSA) is 173 Å². The van der Waals surface area contributed by atoms with Gasteiger partial charge in [-0.3, -0.25) is 9.36 Å². The Kier molecular flexibility index (Phi) is 12.9. The SMILES string of the molecule is COc1ccc(C(OC[C@H]2O[C@@H](n3ccc(NC(C)=O)nc3=O)[C@H](OCOCOCCC#N)[C@@H]2O)(c2ccccc2)c2ccc(OC)cc2)cc1. The maximum Gasteiger partial charge on any atom is 0.351 e. The van der Waals surface area contributed by atoms with E-state index in [-0.39, 0.29) is 39.0 Å². The summed E-state index contributed by atoms with van der Waals surface area (Å²) in [5.74, 6) is 0.989. The van der Waals surface area contributed by atoms with Crippen LogP contribution in [-0.2, 0) is 34.1 Å². The van der Waals surface area contributed by atoms with Crippen molar-refractivity contribution in [2.75, 3.05) is 46.3 Å². The summed E-state index contributed by atoms with van der Waals surface area (Å²) in [6, 6.07) is 28.1. The zero-order chi connectivity index (χ0) is 36.2. The number of aliphatic hydroxyl groups excluding tert-OH is 1. The summed E-state index contributed by atoms with van der Waals surface area (Å²) in [5, 5.41) is 22.9. The molecule has 1 aromatic heterocycles. The Morgan fingerprint density at radius 3 is 2.14 bits per heavy atom. The minimum atomic E-state index is -1.31. The molecule has 14 heteroatoms. The highest BCUT2D eigenvalue weighted by molar-refractivity contribution is 5.87. The molecule has 4 aromatic rings. The summed E-state index contributed by atoms with van der Waals surface area (Å²) in [6.07, 6.45) is -2.99. The van der Waals surface area contributed by atoms with E-state index in [9.17, 15) is 14.7 Å². The van der Waals surface area contributed by atoms with E-state index in [1.807, 2.05) is 84.9 Å². The molecule has 268 valence electrons. The maximum absolute atomic E-state index is 13.2. The number of nitrogens with zero attached hydrogens (tertiary/aromatic N) is 3. The first kappa shape index (κ1) is 37.1. The highest BCUT2D eigenvalue weighted by atomic mass is 16.7. The summed E-state index contributed by atoms with van der Waals surface area (Å²) in [6.45, 7) is 0.851. The number of ether oxygens (including phenoxy) is 7. The van der Waals surface area contributed by atoms with Gasteiger partial charge in [-0.05, 0) is 47.0 Å². The molecule has 0 spiro atoms. The third-order valence-corrected chi connectivity index (χ3v) is 8.23. The first-order chi connectivity index (χ1) is 24.8. The van der Waals surface area contributed by atoms with Crippen LogP contribution in [-0.4, -0.2) is 79.9 Å². The number of rotatable bonds is 17. The molecule has 14 nitrogen and oxygen atoms in total. The van der Waals surface area contributed by atoms with E-state index in [1.165, 1.54) is 23.8 Å². The van der Waals surface area contributed by atoms with Gasteiger partial charge >= 0.3 is 5.69 Å². The molecule has 1 saturated heterocycles. The third kappa shape index (κ3) is 8.78. The van der Waals surface area contributed by atoms with Crippen LogP contribution < -0.4 is 20.5 Å². The molecule has 2 N–H and O–H groups in total. The lowest BCUT2D eigenvalue weighted by atomic mass is 9.80. The summed E-state index contributed by atoms with van der Waals surface area (Å²) in [7, 11) is 3.18. The molecule has 4 atom stereocenters. The van der Waals surface area contributed by atoms with Gasteiger partial charge in [0, 0.05) is 13.1 Å². The number of benzene rings is 3. The predicted octanol–water partition coefficient (Wildman–Crippen LogP) is 3.73. The number of anilines is 1. The van der Waals surface area contributed by atoms with Crippen molar-refractivity contribution in [1.82, 2.24) is 9.55 Å². The van der Waals surface area contributed by atoms with Gasteiger partial charge in [0.25, 0.3) is 0 Å². The van der Waals surface area contributed by atoms with Crippen molar-refractivity contribution >= 4 is 11.7 Å². The largest absolute Gasteiger partial charge is 0.497 e. The van der Waals surface area contributed by atoms with Crippen LogP contribution in [0.1, 0.15) is 36.3 Å². The molecule has 0 radical (unpaired) electrons. The van der Waals surface area contributed by atoms with Crippen molar-refractivity contribution in [3.05, 3.63) is 118 Å². The fourth-order valence-corrected chi connectivity index (χ4v) is 5.79. The Hall–Kier alpha value is -5.14. The van der Waals surface area contributed by atoms with Gasteiger partial charge in [-0.15, -0.1) is 0 Å². The smallest absolute Gasteiger partial charge is 0.351 e. The van der Waals surface area contributed by atoms with Crippen LogP contribution in [0.3, 0.4) is 0 Å². The number of aromatic nitrogens is 2. The summed E-state index contributed by atoms with van der Waals surface area (Å²) in [5.41, 5.74) is 0.394. The average molecular weight is 701 g/mol. The molecule has 0 bridgehead atoms. The van der Waals surface area contributed by atoms with Gasteiger partial charge in [0.15, 0.2) is 6.23 Å². The molecule has 1 aliphatic rings. The fraction of sp³-hybridized carbons (Fsp3) is 0.351. The van der Waals surface area contributed by atoms with Crippen molar-refractivity contribution in [1.29, 1.82) is 5.26 Å². The molecule has 51 heavy (non-hydrogen) atoms. The van der Waals surface area contributed by atoms with Crippen molar-refractivity contribution in [3.8, 4) is 17.6 Å². The zero-order valence-electron chi connectivity index (χ0n) is 28.5. The van der Waals surface area contributed by atoms with E-state index in [1.54, 1.807) is 14.2 Å². The van der Waals surface area contributed by atoms with Crippen molar-refractivity contribution in [2.45, 2.75) is 43.5 Å². The molecule has 3 aromatic carbocycles. The van der Waals surface area contributed by atoms with Crippen LogP contribution >= 0.6 is 0 Å². The van der Waals surface area contributed by atoms with E-state index in [0.29, 0.717) is 11.5 Å². The molecule has 2 heterocycles. The highest BCUT2D eigenvalue weighted by Crippen LogP contribution is 2.43. The number of carbonyl (C=O) groups is 1. The lowest BCUT2D eigenvalue weighted by molar-refractivity contribution is -0.175. The number of nitriles is 1. The predicted molar refractivity (Wildman–Crippen MR) is 183 cm³/mol. The molecular formula is C37H40N4O10. The summed E-state index contributed by atoms with van der Waals surface area (Å²) >= 11 is 0. The average Bonchev–Trinajstić information content (AvgIpc) is 3.46. The van der Waals surface area contributed by atoms with Gasteiger partial charge in [0.05, 0.1) is 39.9 Å². The lowest BCUT2D eigenvalue weighted by Gasteiger charge is -2.37.